The quantitative estimate of drug-likeness (QED) is 0.890. The summed E-state index contributed by atoms with van der Waals surface area (Å²) in [7, 11) is 0. The zero-order valence-electron chi connectivity index (χ0n) is 10.7. The van der Waals surface area contributed by atoms with Gasteiger partial charge in [0.05, 0.1) is 17.9 Å². The number of hydrogen-bond donors (Lipinski definition) is 1. The molecule has 0 fully saturated rings. The summed E-state index contributed by atoms with van der Waals surface area (Å²) in [6.45, 7) is 2.09. The molecule has 1 N–H and O–H groups in total. The highest BCUT2D eigenvalue weighted by atomic mass is 35.5. The molecule has 0 saturated carbocycles. The molecule has 1 unspecified atom stereocenters. The van der Waals surface area contributed by atoms with Gasteiger partial charge in [0.2, 0.25) is 5.22 Å². The summed E-state index contributed by atoms with van der Waals surface area (Å²) >= 11 is 5.81. The summed E-state index contributed by atoms with van der Waals surface area (Å²) in [5.41, 5.74) is 1.47. The fourth-order valence-corrected chi connectivity index (χ4v) is 2.19. The van der Waals surface area contributed by atoms with Gasteiger partial charge in [-0.1, -0.05) is 43.7 Å². The van der Waals surface area contributed by atoms with Gasteiger partial charge in [-0.05, 0) is 29.7 Å². The number of rotatable bonds is 5. The Labute approximate surface area is 117 Å². The molecule has 0 aliphatic rings. The van der Waals surface area contributed by atoms with Crippen molar-refractivity contribution in [1.29, 1.82) is 0 Å². The summed E-state index contributed by atoms with van der Waals surface area (Å²) < 4.78 is 4.94. The van der Waals surface area contributed by atoms with Crippen LogP contribution in [0, 0.1) is 0 Å². The van der Waals surface area contributed by atoms with E-state index >= 15 is 0 Å². The Morgan fingerprint density at radius 1 is 1.32 bits per heavy atom. The Balaban J connectivity index is 2.14. The van der Waals surface area contributed by atoms with Crippen molar-refractivity contribution in [2.45, 2.75) is 25.8 Å². The van der Waals surface area contributed by atoms with E-state index in [4.69, 9.17) is 16.0 Å². The molecule has 4 heteroatoms. The zero-order chi connectivity index (χ0) is 13.7. The molecule has 0 aliphatic carbocycles. The molecule has 1 atom stereocenters. The van der Waals surface area contributed by atoms with Crippen LogP contribution < -0.4 is 5.32 Å². The molecule has 0 bridgehead atoms. The van der Waals surface area contributed by atoms with Crippen molar-refractivity contribution >= 4 is 17.5 Å². The molecule has 1 aromatic heterocycles. The van der Waals surface area contributed by atoms with Crippen molar-refractivity contribution in [2.75, 3.05) is 0 Å². The summed E-state index contributed by atoms with van der Waals surface area (Å²) in [5.74, 6) is -0.207. The minimum absolute atomic E-state index is 0.00957. The minimum Gasteiger partial charge on any atom is -0.452 e. The zero-order valence-corrected chi connectivity index (χ0v) is 11.5. The number of halogens is 1. The monoisotopic (exact) mass is 277 g/mol. The summed E-state index contributed by atoms with van der Waals surface area (Å²) in [6.07, 6.45) is 3.28. The molecule has 1 amide bonds. The third-order valence-electron chi connectivity index (χ3n) is 2.95. The van der Waals surface area contributed by atoms with Gasteiger partial charge in [-0.2, -0.15) is 0 Å². The lowest BCUT2D eigenvalue weighted by atomic mass is 10.0. The molecule has 0 saturated heterocycles. The third-order valence-corrected chi connectivity index (χ3v) is 3.24. The second-order valence-corrected chi connectivity index (χ2v) is 4.68. The Bertz CT molecular complexity index is 536. The highest BCUT2D eigenvalue weighted by Gasteiger charge is 2.18. The summed E-state index contributed by atoms with van der Waals surface area (Å²) in [6, 6.07) is 11.5. The molecule has 1 heterocycles. The predicted octanol–water partition coefficient (Wildman–Crippen LogP) is 4.20. The molecule has 19 heavy (non-hydrogen) atoms. The smallest absolute Gasteiger partial charge is 0.256 e. The predicted molar refractivity (Wildman–Crippen MR) is 75.3 cm³/mol. The van der Waals surface area contributed by atoms with Crippen LogP contribution in [-0.2, 0) is 0 Å². The third kappa shape index (κ3) is 3.38. The average Bonchev–Trinajstić information content (AvgIpc) is 2.85. The van der Waals surface area contributed by atoms with Gasteiger partial charge in [-0.25, -0.2) is 0 Å². The van der Waals surface area contributed by atoms with E-state index in [1.807, 2.05) is 30.3 Å². The van der Waals surface area contributed by atoms with Crippen LogP contribution in [0.15, 0.2) is 47.1 Å². The van der Waals surface area contributed by atoms with Gasteiger partial charge in [0, 0.05) is 0 Å². The van der Waals surface area contributed by atoms with E-state index in [1.165, 1.54) is 6.26 Å². The van der Waals surface area contributed by atoms with Gasteiger partial charge in [0.1, 0.15) is 0 Å². The molecule has 1 aromatic carbocycles. The van der Waals surface area contributed by atoms with E-state index < -0.39 is 0 Å². The maximum atomic E-state index is 12.1. The molecule has 100 valence electrons. The average molecular weight is 278 g/mol. The second-order valence-electron chi connectivity index (χ2n) is 4.33. The first-order chi connectivity index (χ1) is 9.22. The van der Waals surface area contributed by atoms with Crippen molar-refractivity contribution in [3.05, 3.63) is 59.0 Å². The summed E-state index contributed by atoms with van der Waals surface area (Å²) in [5, 5.41) is 3.12. The fourth-order valence-electron chi connectivity index (χ4n) is 1.99. The van der Waals surface area contributed by atoms with E-state index in [2.05, 4.69) is 12.2 Å². The van der Waals surface area contributed by atoms with Crippen LogP contribution in [0.3, 0.4) is 0 Å². The molecule has 0 aliphatic heterocycles. The normalized spacial score (nSPS) is 12.1. The lowest BCUT2D eigenvalue weighted by Crippen LogP contribution is -2.28. The number of benzene rings is 1. The van der Waals surface area contributed by atoms with Crippen molar-refractivity contribution in [3.8, 4) is 0 Å². The standard InChI is InChI=1S/C15H16ClNO2/c1-2-6-13(11-7-4-3-5-8-11)17-15(18)12-9-10-19-14(12)16/h3-5,7-10,13H,2,6H2,1H3,(H,17,18). The number of amides is 1. The van der Waals surface area contributed by atoms with E-state index in [9.17, 15) is 4.79 Å². The van der Waals surface area contributed by atoms with Crippen LogP contribution in [0.5, 0.6) is 0 Å². The molecule has 3 nitrogen and oxygen atoms in total. The SMILES string of the molecule is CCCC(NC(=O)c1ccoc1Cl)c1ccccc1. The Hall–Kier alpha value is -1.74. The largest absolute Gasteiger partial charge is 0.452 e. The Kier molecular flexibility index (Phi) is 4.63. The van der Waals surface area contributed by atoms with Crippen molar-refractivity contribution < 1.29 is 9.21 Å². The molecule has 0 spiro atoms. The first-order valence-corrected chi connectivity index (χ1v) is 6.69. The topological polar surface area (TPSA) is 42.2 Å². The maximum Gasteiger partial charge on any atom is 0.256 e. The van der Waals surface area contributed by atoms with Crippen molar-refractivity contribution in [1.82, 2.24) is 5.32 Å². The van der Waals surface area contributed by atoms with Crippen LogP contribution in [0.2, 0.25) is 5.22 Å². The lowest BCUT2D eigenvalue weighted by Gasteiger charge is -2.18. The Morgan fingerprint density at radius 2 is 2.05 bits per heavy atom. The molecular weight excluding hydrogens is 262 g/mol. The molecule has 2 aromatic rings. The fraction of sp³-hybridized carbons (Fsp3) is 0.267. The molecule has 2 rings (SSSR count). The highest BCUT2D eigenvalue weighted by Crippen LogP contribution is 2.21. The molecule has 0 radical (unpaired) electrons. The number of carbonyl (C=O) groups excluding carboxylic acids is 1. The van der Waals surface area contributed by atoms with Gasteiger partial charge in [0.25, 0.3) is 5.91 Å². The highest BCUT2D eigenvalue weighted by molar-refractivity contribution is 6.32. The van der Waals surface area contributed by atoms with E-state index in [0.29, 0.717) is 5.56 Å². The van der Waals surface area contributed by atoms with Gasteiger partial charge in [-0.3, -0.25) is 4.79 Å². The van der Waals surface area contributed by atoms with Crippen molar-refractivity contribution in [3.63, 3.8) is 0 Å². The van der Waals surface area contributed by atoms with E-state index in [-0.39, 0.29) is 17.2 Å². The minimum atomic E-state index is -0.207. The first-order valence-electron chi connectivity index (χ1n) is 6.31. The Morgan fingerprint density at radius 3 is 2.63 bits per heavy atom. The first kappa shape index (κ1) is 13.7. The van der Waals surface area contributed by atoms with E-state index in [1.54, 1.807) is 6.07 Å². The second kappa shape index (κ2) is 6.43. The maximum absolute atomic E-state index is 12.1. The van der Waals surface area contributed by atoms with Crippen LogP contribution in [0.1, 0.15) is 41.7 Å². The number of furan rings is 1. The van der Waals surface area contributed by atoms with Gasteiger partial charge >= 0.3 is 0 Å². The van der Waals surface area contributed by atoms with Crippen LogP contribution in [0.25, 0.3) is 0 Å². The van der Waals surface area contributed by atoms with Crippen LogP contribution >= 0.6 is 11.6 Å². The lowest BCUT2D eigenvalue weighted by molar-refractivity contribution is 0.0934. The van der Waals surface area contributed by atoms with E-state index in [0.717, 1.165) is 18.4 Å². The van der Waals surface area contributed by atoms with Gasteiger partial charge in [0.15, 0.2) is 0 Å². The van der Waals surface area contributed by atoms with Gasteiger partial charge in [-0.15, -0.1) is 0 Å². The van der Waals surface area contributed by atoms with Crippen LogP contribution in [-0.4, -0.2) is 5.91 Å². The number of carbonyl (C=O) groups is 1. The number of hydrogen-bond acceptors (Lipinski definition) is 2. The molecular formula is C15H16ClNO2. The number of nitrogens with one attached hydrogen (secondary N) is 1. The van der Waals surface area contributed by atoms with Gasteiger partial charge < -0.3 is 9.73 Å². The van der Waals surface area contributed by atoms with Crippen LogP contribution in [0.4, 0.5) is 0 Å². The summed E-state index contributed by atoms with van der Waals surface area (Å²) in [4.78, 5) is 12.1. The van der Waals surface area contributed by atoms with Crippen molar-refractivity contribution in [2.24, 2.45) is 0 Å².